The number of nitrogens with zero attached hydrogens (tertiary/aromatic N) is 2. The van der Waals surface area contributed by atoms with Gasteiger partial charge in [-0.1, -0.05) is 13.3 Å². The number of hydrogen-bond donors (Lipinski definition) is 0. The average Bonchev–Trinajstić information content (AvgIpc) is 2.88. The van der Waals surface area contributed by atoms with Gasteiger partial charge >= 0.3 is 0 Å². The highest BCUT2D eigenvalue weighted by Crippen LogP contribution is 2.28. The van der Waals surface area contributed by atoms with Crippen LogP contribution in [0.4, 0.5) is 0 Å². The van der Waals surface area contributed by atoms with E-state index >= 15 is 0 Å². The van der Waals surface area contributed by atoms with E-state index in [1.165, 1.54) is 6.07 Å². The molecule has 4 nitrogen and oxygen atoms in total. The molecule has 0 spiro atoms. The Morgan fingerprint density at radius 3 is 2.94 bits per heavy atom. The van der Waals surface area contributed by atoms with Gasteiger partial charge in [0.05, 0.1) is 0 Å². The molecule has 1 aliphatic rings. The number of sulfonamides is 1. The van der Waals surface area contributed by atoms with Gasteiger partial charge in [0.25, 0.3) is 10.0 Å². The van der Waals surface area contributed by atoms with Gasteiger partial charge in [-0.05, 0) is 30.9 Å². The summed E-state index contributed by atoms with van der Waals surface area (Å²) in [5, 5.41) is 8.76. The van der Waals surface area contributed by atoms with Gasteiger partial charge in [-0.15, -0.1) is 11.3 Å². The monoisotopic (exact) mass is 284 g/mol. The summed E-state index contributed by atoms with van der Waals surface area (Å²) in [4.78, 5) is 0.442. The summed E-state index contributed by atoms with van der Waals surface area (Å²) in [5.74, 6) is 0.462. The molecule has 0 N–H and O–H groups in total. The first-order valence-electron chi connectivity index (χ1n) is 6.08. The molecule has 98 valence electrons. The Labute approximate surface area is 112 Å². The predicted octanol–water partition coefficient (Wildman–Crippen LogP) is 2.43. The number of piperidine rings is 1. The SMILES string of the molecule is CCC1CCCN(S(=O)(=O)c2ccc(C#N)s2)C1. The number of thiophene rings is 1. The molecule has 1 atom stereocenters. The normalized spacial score (nSPS) is 21.7. The van der Waals surface area contributed by atoms with Crippen LogP contribution < -0.4 is 0 Å². The number of hydrogen-bond acceptors (Lipinski definition) is 4. The maximum Gasteiger partial charge on any atom is 0.252 e. The molecule has 0 radical (unpaired) electrons. The second kappa shape index (κ2) is 5.39. The number of rotatable bonds is 3. The summed E-state index contributed by atoms with van der Waals surface area (Å²) < 4.78 is 26.7. The summed E-state index contributed by atoms with van der Waals surface area (Å²) >= 11 is 1.05. The molecule has 0 aliphatic carbocycles. The molecule has 2 heterocycles. The van der Waals surface area contributed by atoms with Crippen molar-refractivity contribution in [1.82, 2.24) is 4.31 Å². The fourth-order valence-electron chi connectivity index (χ4n) is 2.22. The van der Waals surface area contributed by atoms with E-state index in [-0.39, 0.29) is 4.21 Å². The molecule has 6 heteroatoms. The van der Waals surface area contributed by atoms with Crippen molar-refractivity contribution in [3.05, 3.63) is 17.0 Å². The molecule has 2 rings (SSSR count). The van der Waals surface area contributed by atoms with Crippen molar-refractivity contribution in [3.63, 3.8) is 0 Å². The largest absolute Gasteiger partial charge is 0.252 e. The maximum absolute atomic E-state index is 12.4. The topological polar surface area (TPSA) is 61.2 Å². The molecule has 0 saturated carbocycles. The summed E-state index contributed by atoms with van der Waals surface area (Å²) in [6.07, 6.45) is 3.05. The van der Waals surface area contributed by atoms with Gasteiger partial charge in [0.2, 0.25) is 0 Å². The Morgan fingerprint density at radius 1 is 1.56 bits per heavy atom. The molecule has 1 saturated heterocycles. The van der Waals surface area contributed by atoms with E-state index in [0.717, 1.165) is 30.6 Å². The first kappa shape index (κ1) is 13.5. The second-order valence-electron chi connectivity index (χ2n) is 4.51. The predicted molar refractivity (Wildman–Crippen MR) is 70.8 cm³/mol. The van der Waals surface area contributed by atoms with Crippen LogP contribution in [0.15, 0.2) is 16.3 Å². The summed E-state index contributed by atoms with van der Waals surface area (Å²) in [6, 6.07) is 5.08. The van der Waals surface area contributed by atoms with Gasteiger partial charge in [0.15, 0.2) is 0 Å². The van der Waals surface area contributed by atoms with E-state index in [2.05, 4.69) is 6.92 Å². The Balaban J connectivity index is 2.23. The van der Waals surface area contributed by atoms with Crippen LogP contribution in [0, 0.1) is 17.2 Å². The lowest BCUT2D eigenvalue weighted by Gasteiger charge is -2.30. The van der Waals surface area contributed by atoms with Gasteiger partial charge < -0.3 is 0 Å². The average molecular weight is 284 g/mol. The van der Waals surface area contributed by atoms with Gasteiger partial charge in [-0.2, -0.15) is 9.57 Å². The summed E-state index contributed by atoms with van der Waals surface area (Å²) in [5.41, 5.74) is 0. The Kier molecular flexibility index (Phi) is 4.05. The van der Waals surface area contributed by atoms with Crippen LogP contribution in [-0.4, -0.2) is 25.8 Å². The number of nitriles is 1. The third-order valence-electron chi connectivity index (χ3n) is 3.34. The van der Waals surface area contributed by atoms with Crippen molar-refractivity contribution in [3.8, 4) is 6.07 Å². The first-order chi connectivity index (χ1) is 8.57. The lowest BCUT2D eigenvalue weighted by molar-refractivity contribution is 0.262. The van der Waals surface area contributed by atoms with E-state index in [1.54, 1.807) is 10.4 Å². The van der Waals surface area contributed by atoms with Gasteiger partial charge in [-0.25, -0.2) is 8.42 Å². The van der Waals surface area contributed by atoms with Gasteiger partial charge in [0.1, 0.15) is 15.2 Å². The molecule has 1 fully saturated rings. The Hall–Kier alpha value is -0.900. The first-order valence-corrected chi connectivity index (χ1v) is 8.33. The molecule has 1 unspecified atom stereocenters. The smallest absolute Gasteiger partial charge is 0.206 e. The molecule has 0 aromatic carbocycles. The second-order valence-corrected chi connectivity index (χ2v) is 7.76. The van der Waals surface area contributed by atoms with Crippen LogP contribution in [0.2, 0.25) is 0 Å². The zero-order valence-corrected chi connectivity index (χ0v) is 11.9. The van der Waals surface area contributed by atoms with Crippen LogP contribution in [0.5, 0.6) is 0 Å². The van der Waals surface area contributed by atoms with E-state index in [0.29, 0.717) is 23.9 Å². The lowest BCUT2D eigenvalue weighted by Crippen LogP contribution is -2.39. The van der Waals surface area contributed by atoms with Crippen molar-refractivity contribution < 1.29 is 8.42 Å². The van der Waals surface area contributed by atoms with Crippen molar-refractivity contribution in [2.45, 2.75) is 30.4 Å². The third kappa shape index (κ3) is 2.58. The van der Waals surface area contributed by atoms with Crippen LogP contribution in [0.25, 0.3) is 0 Å². The fraction of sp³-hybridized carbons (Fsp3) is 0.583. The van der Waals surface area contributed by atoms with Crippen LogP contribution in [0.3, 0.4) is 0 Å². The minimum absolute atomic E-state index is 0.288. The highest BCUT2D eigenvalue weighted by Gasteiger charge is 2.30. The van der Waals surface area contributed by atoms with Gasteiger partial charge in [0, 0.05) is 13.1 Å². The molecular formula is C12H16N2O2S2. The van der Waals surface area contributed by atoms with E-state index in [9.17, 15) is 8.42 Å². The summed E-state index contributed by atoms with van der Waals surface area (Å²) in [7, 11) is -3.39. The van der Waals surface area contributed by atoms with Crippen molar-refractivity contribution >= 4 is 21.4 Å². The van der Waals surface area contributed by atoms with Crippen molar-refractivity contribution in [2.75, 3.05) is 13.1 Å². The van der Waals surface area contributed by atoms with E-state index in [1.807, 2.05) is 6.07 Å². The summed E-state index contributed by atoms with van der Waals surface area (Å²) in [6.45, 7) is 3.30. The minimum Gasteiger partial charge on any atom is -0.206 e. The standard InChI is InChI=1S/C12H16N2O2S2/c1-2-10-4-3-7-14(9-10)18(15,16)12-6-5-11(8-13)17-12/h5-6,10H,2-4,7,9H2,1H3. The van der Waals surface area contributed by atoms with Crippen LogP contribution in [0.1, 0.15) is 31.1 Å². The quantitative estimate of drug-likeness (QED) is 0.856. The van der Waals surface area contributed by atoms with Crippen LogP contribution >= 0.6 is 11.3 Å². The molecule has 1 aromatic heterocycles. The van der Waals surface area contributed by atoms with Crippen LogP contribution in [-0.2, 0) is 10.0 Å². The lowest BCUT2D eigenvalue weighted by atomic mass is 9.97. The zero-order valence-electron chi connectivity index (χ0n) is 10.3. The van der Waals surface area contributed by atoms with E-state index in [4.69, 9.17) is 5.26 Å². The van der Waals surface area contributed by atoms with Crippen molar-refractivity contribution in [2.24, 2.45) is 5.92 Å². The molecule has 1 aromatic rings. The molecule has 18 heavy (non-hydrogen) atoms. The minimum atomic E-state index is -3.39. The molecular weight excluding hydrogens is 268 g/mol. The molecule has 0 bridgehead atoms. The molecule has 0 amide bonds. The van der Waals surface area contributed by atoms with E-state index < -0.39 is 10.0 Å². The molecule has 1 aliphatic heterocycles. The van der Waals surface area contributed by atoms with Gasteiger partial charge in [-0.3, -0.25) is 0 Å². The zero-order chi connectivity index (χ0) is 13.2. The maximum atomic E-state index is 12.4. The fourth-order valence-corrected chi connectivity index (χ4v) is 5.04. The third-order valence-corrected chi connectivity index (χ3v) is 6.67. The Bertz CT molecular complexity index is 557. The highest BCUT2D eigenvalue weighted by atomic mass is 32.2. The van der Waals surface area contributed by atoms with Crippen molar-refractivity contribution in [1.29, 1.82) is 5.26 Å². The highest BCUT2D eigenvalue weighted by molar-refractivity contribution is 7.91. The Morgan fingerprint density at radius 2 is 2.33 bits per heavy atom.